The zero-order valence-corrected chi connectivity index (χ0v) is 18.0. The maximum Gasteiger partial charge on any atom is 0.327 e. The summed E-state index contributed by atoms with van der Waals surface area (Å²) in [6, 6.07) is 0.127. The maximum absolute atomic E-state index is 13.7. The fourth-order valence-electron chi connectivity index (χ4n) is 6.53. The predicted molar refractivity (Wildman–Crippen MR) is 110 cm³/mol. The Morgan fingerprint density at radius 3 is 2.17 bits per heavy atom. The zero-order valence-electron chi connectivity index (χ0n) is 18.0. The van der Waals surface area contributed by atoms with Crippen LogP contribution in [0.4, 0.5) is 4.79 Å². The molecule has 0 unspecified atom stereocenters. The molecule has 5 aliphatic rings. The fraction of sp³-hybridized carbons (Fsp3) is 0.913. The van der Waals surface area contributed by atoms with E-state index in [9.17, 15) is 9.59 Å². The van der Waals surface area contributed by atoms with Crippen LogP contribution in [0.3, 0.4) is 0 Å². The molecule has 3 heterocycles. The number of imide groups is 1. The first-order chi connectivity index (χ1) is 14.1. The number of likely N-dealkylation sites (N-methyl/N-ethyl adjacent to an activating group) is 1. The molecule has 3 amide bonds. The van der Waals surface area contributed by atoms with E-state index in [0.29, 0.717) is 12.0 Å². The largest absolute Gasteiger partial charge is 0.381 e. The number of carbonyl (C=O) groups is 2. The highest BCUT2D eigenvalue weighted by atomic mass is 16.5. The monoisotopic (exact) mass is 403 g/mol. The highest BCUT2D eigenvalue weighted by Gasteiger charge is 2.59. The quantitative estimate of drug-likeness (QED) is 0.676. The van der Waals surface area contributed by atoms with Crippen LogP contribution in [0.5, 0.6) is 0 Å². The number of rotatable bonds is 4. The Kier molecular flexibility index (Phi) is 5.14. The van der Waals surface area contributed by atoms with Gasteiger partial charge in [-0.15, -0.1) is 0 Å². The Balaban J connectivity index is 1.25. The Hall–Kier alpha value is -1.14. The summed E-state index contributed by atoms with van der Waals surface area (Å²) in [7, 11) is 0. The van der Waals surface area contributed by atoms with Gasteiger partial charge in [-0.3, -0.25) is 9.69 Å². The van der Waals surface area contributed by atoms with Crippen molar-refractivity contribution in [2.24, 2.45) is 11.3 Å². The molecule has 0 aromatic rings. The van der Waals surface area contributed by atoms with Crippen molar-refractivity contribution in [2.75, 3.05) is 39.4 Å². The van der Waals surface area contributed by atoms with Crippen molar-refractivity contribution in [1.82, 2.24) is 14.7 Å². The maximum atomic E-state index is 13.7. The van der Waals surface area contributed by atoms with E-state index in [1.54, 1.807) is 4.90 Å². The van der Waals surface area contributed by atoms with Crippen molar-refractivity contribution in [3.05, 3.63) is 0 Å². The molecule has 2 spiro atoms. The normalized spacial score (nSPS) is 30.7. The highest BCUT2D eigenvalue weighted by Crippen LogP contribution is 2.57. The van der Waals surface area contributed by atoms with Crippen molar-refractivity contribution >= 4 is 11.9 Å². The molecule has 0 radical (unpaired) electrons. The van der Waals surface area contributed by atoms with Gasteiger partial charge in [-0.1, -0.05) is 0 Å². The average molecular weight is 404 g/mol. The number of hydrogen-bond acceptors (Lipinski definition) is 4. The van der Waals surface area contributed by atoms with Crippen molar-refractivity contribution in [1.29, 1.82) is 0 Å². The molecule has 5 rings (SSSR count). The molecule has 3 aliphatic heterocycles. The van der Waals surface area contributed by atoms with Gasteiger partial charge < -0.3 is 14.5 Å². The van der Waals surface area contributed by atoms with Crippen LogP contribution >= 0.6 is 0 Å². The molecule has 0 aromatic heterocycles. The minimum atomic E-state index is -0.577. The summed E-state index contributed by atoms with van der Waals surface area (Å²) in [5.74, 6) is 0.835. The Morgan fingerprint density at radius 1 is 0.931 bits per heavy atom. The zero-order chi connectivity index (χ0) is 20.1. The standard InChI is InChI=1S/C23H37N3O3/c1-2-25-21(28)26(19-3-7-22(8-4-19)9-10-22)20(27)23(25)11-13-24(14-12-23)17-18-5-15-29-16-6-18/h18-19H,2-17H2,1H3. The lowest BCUT2D eigenvalue weighted by Crippen LogP contribution is -2.57. The smallest absolute Gasteiger partial charge is 0.327 e. The van der Waals surface area contributed by atoms with Crippen molar-refractivity contribution in [3.8, 4) is 0 Å². The number of likely N-dealkylation sites (tertiary alicyclic amines) is 1. The van der Waals surface area contributed by atoms with Gasteiger partial charge in [-0.25, -0.2) is 4.79 Å². The van der Waals surface area contributed by atoms with Gasteiger partial charge in [0.2, 0.25) is 0 Å². The van der Waals surface area contributed by atoms with Crippen LogP contribution in [0.25, 0.3) is 0 Å². The molecular formula is C23H37N3O3. The average Bonchev–Trinajstić information content (AvgIpc) is 3.47. The van der Waals surface area contributed by atoms with E-state index < -0.39 is 5.54 Å². The molecule has 0 N–H and O–H groups in total. The second-order valence-electron chi connectivity index (χ2n) is 10.3. The Labute approximate surface area is 174 Å². The number of amides is 3. The SMILES string of the molecule is CCN1C(=O)N(C2CCC3(CC2)CC3)C(=O)C12CCN(CC1CCOCC1)CC2. The lowest BCUT2D eigenvalue weighted by Gasteiger charge is -2.43. The van der Waals surface area contributed by atoms with Gasteiger partial charge in [0.1, 0.15) is 5.54 Å². The molecule has 162 valence electrons. The molecular weight excluding hydrogens is 366 g/mol. The summed E-state index contributed by atoms with van der Waals surface area (Å²) in [5.41, 5.74) is 0.00662. The first-order valence-electron chi connectivity index (χ1n) is 12.0. The van der Waals surface area contributed by atoms with Crippen molar-refractivity contribution in [2.45, 2.75) is 82.7 Å². The van der Waals surface area contributed by atoms with E-state index in [4.69, 9.17) is 4.74 Å². The van der Waals surface area contributed by atoms with Crippen LogP contribution in [0.2, 0.25) is 0 Å². The minimum Gasteiger partial charge on any atom is -0.381 e. The van der Waals surface area contributed by atoms with Crippen LogP contribution in [-0.2, 0) is 9.53 Å². The topological polar surface area (TPSA) is 53.1 Å². The number of hydrogen-bond donors (Lipinski definition) is 0. The lowest BCUT2D eigenvalue weighted by atomic mass is 9.81. The number of carbonyl (C=O) groups excluding carboxylic acids is 2. The molecule has 2 saturated carbocycles. The van der Waals surface area contributed by atoms with Gasteiger partial charge in [0.25, 0.3) is 5.91 Å². The number of ether oxygens (including phenoxy) is 1. The Bertz CT molecular complexity index is 638. The molecule has 6 heteroatoms. The fourth-order valence-corrected chi connectivity index (χ4v) is 6.53. The molecule has 29 heavy (non-hydrogen) atoms. The number of piperidine rings is 1. The predicted octanol–water partition coefficient (Wildman–Crippen LogP) is 3.25. The van der Waals surface area contributed by atoms with Gasteiger partial charge in [-0.05, 0) is 82.5 Å². The van der Waals surface area contributed by atoms with E-state index in [1.807, 2.05) is 11.8 Å². The number of nitrogens with zero attached hydrogens (tertiary/aromatic N) is 3. The second kappa shape index (κ2) is 7.52. The number of urea groups is 1. The van der Waals surface area contributed by atoms with E-state index in [2.05, 4.69) is 4.90 Å². The summed E-state index contributed by atoms with van der Waals surface area (Å²) in [5, 5.41) is 0. The molecule has 3 saturated heterocycles. The summed E-state index contributed by atoms with van der Waals surface area (Å²) in [6.07, 6.45) is 11.0. The van der Waals surface area contributed by atoms with Gasteiger partial charge in [0.15, 0.2) is 0 Å². The highest BCUT2D eigenvalue weighted by molar-refractivity contribution is 6.07. The summed E-state index contributed by atoms with van der Waals surface area (Å²) >= 11 is 0. The van der Waals surface area contributed by atoms with Gasteiger partial charge in [0.05, 0.1) is 0 Å². The van der Waals surface area contributed by atoms with Gasteiger partial charge in [0, 0.05) is 45.4 Å². The first-order valence-corrected chi connectivity index (χ1v) is 12.0. The molecule has 0 atom stereocenters. The molecule has 0 aromatic carbocycles. The summed E-state index contributed by atoms with van der Waals surface area (Å²) < 4.78 is 5.49. The van der Waals surface area contributed by atoms with Crippen molar-refractivity contribution in [3.63, 3.8) is 0 Å². The second-order valence-corrected chi connectivity index (χ2v) is 10.3. The minimum absolute atomic E-state index is 0.00729. The summed E-state index contributed by atoms with van der Waals surface area (Å²) in [4.78, 5) is 33.1. The molecule has 0 bridgehead atoms. The third-order valence-corrected chi connectivity index (χ3v) is 8.77. The van der Waals surface area contributed by atoms with E-state index in [1.165, 1.54) is 25.7 Å². The third-order valence-electron chi connectivity index (χ3n) is 8.77. The van der Waals surface area contributed by atoms with E-state index in [0.717, 1.165) is 77.3 Å². The van der Waals surface area contributed by atoms with Crippen LogP contribution < -0.4 is 0 Å². The van der Waals surface area contributed by atoms with Gasteiger partial charge in [-0.2, -0.15) is 0 Å². The Morgan fingerprint density at radius 2 is 1.59 bits per heavy atom. The van der Waals surface area contributed by atoms with Crippen LogP contribution in [0.15, 0.2) is 0 Å². The first kappa shape index (κ1) is 19.8. The van der Waals surface area contributed by atoms with E-state index in [-0.39, 0.29) is 18.0 Å². The van der Waals surface area contributed by atoms with Crippen LogP contribution in [0, 0.1) is 11.3 Å². The molecule has 2 aliphatic carbocycles. The molecule has 6 nitrogen and oxygen atoms in total. The van der Waals surface area contributed by atoms with Crippen molar-refractivity contribution < 1.29 is 14.3 Å². The van der Waals surface area contributed by atoms with Crippen LogP contribution in [0.1, 0.15) is 71.1 Å². The van der Waals surface area contributed by atoms with Crippen LogP contribution in [-0.4, -0.2) is 77.6 Å². The third kappa shape index (κ3) is 3.40. The summed E-state index contributed by atoms with van der Waals surface area (Å²) in [6.45, 7) is 7.40. The van der Waals surface area contributed by atoms with Gasteiger partial charge >= 0.3 is 6.03 Å². The van der Waals surface area contributed by atoms with E-state index >= 15 is 0 Å². The molecule has 5 fully saturated rings. The lowest BCUT2D eigenvalue weighted by molar-refractivity contribution is -0.137.